The smallest absolute Gasteiger partial charge is 0.258 e. The summed E-state index contributed by atoms with van der Waals surface area (Å²) in [6.45, 7) is 0. The van der Waals surface area contributed by atoms with E-state index in [0.29, 0.717) is 4.90 Å². The fraction of sp³-hybridized carbons (Fsp3) is 0. The minimum Gasteiger partial charge on any atom is -0.258 e. The van der Waals surface area contributed by atoms with E-state index < -0.39 is 0 Å². The zero-order valence-corrected chi connectivity index (χ0v) is 11.1. The van der Waals surface area contributed by atoms with Gasteiger partial charge in [0.2, 0.25) is 0 Å². The normalized spacial score (nSPS) is 10.3. The van der Waals surface area contributed by atoms with E-state index in [1.54, 1.807) is 29.5 Å². The first-order chi connectivity index (χ1) is 7.68. The highest BCUT2D eigenvalue weighted by atomic mass is 79.9. The number of benzene rings is 1. The van der Waals surface area contributed by atoms with Crippen molar-refractivity contribution < 1.29 is 4.92 Å². The maximum absolute atomic E-state index is 10.8. The molecule has 0 atom stereocenters. The third kappa shape index (κ3) is 2.45. The molecule has 16 heavy (non-hydrogen) atoms. The quantitative estimate of drug-likeness (QED) is 0.615. The Bertz CT molecular complexity index is 527. The van der Waals surface area contributed by atoms with Crippen LogP contribution in [0.15, 0.2) is 49.3 Å². The van der Waals surface area contributed by atoms with Crippen LogP contribution in [-0.4, -0.2) is 4.92 Å². The first-order valence-corrected chi connectivity index (χ1v) is 6.81. The summed E-state index contributed by atoms with van der Waals surface area (Å²) in [5, 5.41) is 12.8. The van der Waals surface area contributed by atoms with Crippen LogP contribution in [0.25, 0.3) is 0 Å². The Labute approximate surface area is 109 Å². The Hall–Kier alpha value is -0.850. The number of nitro groups is 1. The number of thiophene rings is 1. The summed E-state index contributed by atoms with van der Waals surface area (Å²) in [6, 6.07) is 8.68. The molecule has 2 rings (SSSR count). The SMILES string of the molecule is O=[N+]([O-])c1ccccc1Sc1sccc1Br. The number of nitrogens with zero attached hydrogens (tertiary/aromatic N) is 1. The molecule has 1 heterocycles. The van der Waals surface area contributed by atoms with Crippen molar-refractivity contribution in [2.75, 3.05) is 0 Å². The van der Waals surface area contributed by atoms with E-state index in [-0.39, 0.29) is 10.6 Å². The van der Waals surface area contributed by atoms with E-state index in [1.807, 2.05) is 11.4 Å². The molecule has 0 fully saturated rings. The van der Waals surface area contributed by atoms with Crippen LogP contribution in [0, 0.1) is 10.1 Å². The highest BCUT2D eigenvalue weighted by molar-refractivity contribution is 9.10. The molecule has 3 nitrogen and oxygen atoms in total. The molecule has 1 aromatic heterocycles. The molecule has 0 radical (unpaired) electrons. The minimum atomic E-state index is -0.357. The molecule has 1 aromatic carbocycles. The molecule has 0 bridgehead atoms. The van der Waals surface area contributed by atoms with Crippen molar-refractivity contribution in [1.82, 2.24) is 0 Å². The lowest BCUT2D eigenvalue weighted by atomic mass is 10.3. The zero-order valence-electron chi connectivity index (χ0n) is 7.92. The topological polar surface area (TPSA) is 43.1 Å². The van der Waals surface area contributed by atoms with Crippen LogP contribution in [0.1, 0.15) is 0 Å². The molecule has 0 saturated carbocycles. The lowest BCUT2D eigenvalue weighted by Crippen LogP contribution is -1.89. The van der Waals surface area contributed by atoms with Gasteiger partial charge in [-0.3, -0.25) is 10.1 Å². The van der Waals surface area contributed by atoms with E-state index in [9.17, 15) is 10.1 Å². The van der Waals surface area contributed by atoms with Gasteiger partial charge < -0.3 is 0 Å². The fourth-order valence-electron chi connectivity index (χ4n) is 1.15. The molecule has 0 saturated heterocycles. The van der Waals surface area contributed by atoms with Gasteiger partial charge in [0.1, 0.15) is 0 Å². The lowest BCUT2D eigenvalue weighted by Gasteiger charge is -2.00. The van der Waals surface area contributed by atoms with Crippen molar-refractivity contribution in [3.63, 3.8) is 0 Å². The minimum absolute atomic E-state index is 0.146. The average Bonchev–Trinajstić information content (AvgIpc) is 2.65. The van der Waals surface area contributed by atoms with Crippen molar-refractivity contribution in [2.24, 2.45) is 0 Å². The number of para-hydroxylation sites is 1. The monoisotopic (exact) mass is 315 g/mol. The zero-order chi connectivity index (χ0) is 11.5. The second-order valence-electron chi connectivity index (χ2n) is 2.88. The highest BCUT2D eigenvalue weighted by Crippen LogP contribution is 2.40. The van der Waals surface area contributed by atoms with Gasteiger partial charge in [0.15, 0.2) is 0 Å². The number of hydrogen-bond acceptors (Lipinski definition) is 4. The summed E-state index contributed by atoms with van der Waals surface area (Å²) in [5.41, 5.74) is 0.146. The molecule has 82 valence electrons. The van der Waals surface area contributed by atoms with Gasteiger partial charge in [0.25, 0.3) is 5.69 Å². The van der Waals surface area contributed by atoms with E-state index in [2.05, 4.69) is 15.9 Å². The van der Waals surface area contributed by atoms with Gasteiger partial charge >= 0.3 is 0 Å². The van der Waals surface area contributed by atoms with Crippen molar-refractivity contribution in [3.8, 4) is 0 Å². The largest absolute Gasteiger partial charge is 0.283 e. The Balaban J connectivity index is 2.35. The second-order valence-corrected chi connectivity index (χ2v) is 5.96. The molecule has 0 aliphatic rings. The molecule has 6 heteroatoms. The van der Waals surface area contributed by atoms with Crippen LogP contribution in [0.2, 0.25) is 0 Å². The maximum atomic E-state index is 10.8. The molecular formula is C10H6BrNO2S2. The van der Waals surface area contributed by atoms with Crippen LogP contribution < -0.4 is 0 Å². The van der Waals surface area contributed by atoms with Crippen LogP contribution in [0.5, 0.6) is 0 Å². The number of rotatable bonds is 3. The van der Waals surface area contributed by atoms with Crippen LogP contribution >= 0.6 is 39.0 Å². The summed E-state index contributed by atoms with van der Waals surface area (Å²) >= 11 is 6.37. The third-order valence-electron chi connectivity index (χ3n) is 1.85. The van der Waals surface area contributed by atoms with E-state index in [0.717, 1.165) is 8.68 Å². The molecule has 0 aliphatic carbocycles. The Kier molecular flexibility index (Phi) is 3.63. The molecule has 0 unspecified atom stereocenters. The Morgan fingerprint density at radius 3 is 2.69 bits per heavy atom. The lowest BCUT2D eigenvalue weighted by molar-refractivity contribution is -0.387. The van der Waals surface area contributed by atoms with Gasteiger partial charge in [-0.05, 0) is 33.4 Å². The Morgan fingerprint density at radius 1 is 1.31 bits per heavy atom. The van der Waals surface area contributed by atoms with Gasteiger partial charge in [0.05, 0.1) is 14.0 Å². The summed E-state index contributed by atoms with van der Waals surface area (Å²) in [4.78, 5) is 11.1. The molecule has 0 aliphatic heterocycles. The van der Waals surface area contributed by atoms with Gasteiger partial charge in [-0.25, -0.2) is 0 Å². The van der Waals surface area contributed by atoms with Crippen LogP contribution in [-0.2, 0) is 0 Å². The third-order valence-corrected chi connectivity index (χ3v) is 5.25. The van der Waals surface area contributed by atoms with Crippen LogP contribution in [0.3, 0.4) is 0 Å². The van der Waals surface area contributed by atoms with Gasteiger partial charge in [0, 0.05) is 10.5 Å². The summed E-state index contributed by atoms with van der Waals surface area (Å²) in [7, 11) is 0. The van der Waals surface area contributed by atoms with Gasteiger partial charge in [-0.2, -0.15) is 0 Å². The number of halogens is 1. The van der Waals surface area contributed by atoms with Crippen molar-refractivity contribution >= 4 is 44.7 Å². The van der Waals surface area contributed by atoms with Gasteiger partial charge in [-0.1, -0.05) is 23.9 Å². The van der Waals surface area contributed by atoms with E-state index >= 15 is 0 Å². The summed E-state index contributed by atoms with van der Waals surface area (Å²) < 4.78 is 2.00. The number of nitro benzene ring substituents is 1. The number of hydrogen-bond donors (Lipinski definition) is 0. The van der Waals surface area contributed by atoms with Crippen molar-refractivity contribution in [3.05, 3.63) is 50.3 Å². The van der Waals surface area contributed by atoms with Crippen molar-refractivity contribution in [2.45, 2.75) is 9.10 Å². The molecular weight excluding hydrogens is 310 g/mol. The molecule has 0 spiro atoms. The average molecular weight is 316 g/mol. The van der Waals surface area contributed by atoms with Crippen molar-refractivity contribution in [1.29, 1.82) is 0 Å². The molecule has 0 N–H and O–H groups in total. The van der Waals surface area contributed by atoms with E-state index in [1.165, 1.54) is 17.8 Å². The Morgan fingerprint density at radius 2 is 2.06 bits per heavy atom. The predicted molar refractivity (Wildman–Crippen MR) is 69.2 cm³/mol. The first-order valence-electron chi connectivity index (χ1n) is 4.33. The highest BCUT2D eigenvalue weighted by Gasteiger charge is 2.15. The van der Waals surface area contributed by atoms with Crippen LogP contribution in [0.4, 0.5) is 5.69 Å². The first kappa shape index (κ1) is 11.6. The predicted octanol–water partition coefficient (Wildman–Crippen LogP) is 4.57. The van der Waals surface area contributed by atoms with E-state index in [4.69, 9.17) is 0 Å². The molecule has 2 aromatic rings. The second kappa shape index (κ2) is 4.99. The maximum Gasteiger partial charge on any atom is 0.283 e. The summed E-state index contributed by atoms with van der Waals surface area (Å²) in [5.74, 6) is 0. The summed E-state index contributed by atoms with van der Waals surface area (Å²) in [6.07, 6.45) is 0. The molecule has 0 amide bonds. The fourth-order valence-corrected chi connectivity index (χ4v) is 3.87. The van der Waals surface area contributed by atoms with Gasteiger partial charge in [-0.15, -0.1) is 11.3 Å². The standard InChI is InChI=1S/C10H6BrNO2S2/c11-7-5-6-15-10(7)16-9-4-2-1-3-8(9)12(13)14/h1-6H.